The summed E-state index contributed by atoms with van der Waals surface area (Å²) in [7, 11) is 1.69. The number of ether oxygens (including phenoxy) is 1. The first-order valence-electron chi connectivity index (χ1n) is 10.9. The Labute approximate surface area is 180 Å². The van der Waals surface area contributed by atoms with E-state index in [1.165, 1.54) is 23.8 Å². The van der Waals surface area contributed by atoms with Crippen molar-refractivity contribution in [3.05, 3.63) is 42.0 Å². The Morgan fingerprint density at radius 3 is 2.84 bits per heavy atom. The SMILES string of the molecule is COCc1cc2c(-c3nc(N4CCNCC4)c4c(C5CC5)cncc4n3)ccnc2[nH]1. The van der Waals surface area contributed by atoms with Gasteiger partial charge >= 0.3 is 0 Å². The van der Waals surface area contributed by atoms with Gasteiger partial charge < -0.3 is 19.9 Å². The summed E-state index contributed by atoms with van der Waals surface area (Å²) in [5.74, 6) is 2.33. The van der Waals surface area contributed by atoms with Crippen molar-refractivity contribution in [1.82, 2.24) is 30.2 Å². The van der Waals surface area contributed by atoms with Crippen molar-refractivity contribution in [2.45, 2.75) is 25.4 Å². The minimum absolute atomic E-state index is 0.509. The molecule has 0 amide bonds. The second kappa shape index (κ2) is 7.55. The molecular weight excluding hydrogens is 390 g/mol. The van der Waals surface area contributed by atoms with Crippen LogP contribution in [0.15, 0.2) is 30.7 Å². The van der Waals surface area contributed by atoms with Gasteiger partial charge in [-0.3, -0.25) is 4.98 Å². The average molecular weight is 416 g/mol. The minimum Gasteiger partial charge on any atom is -0.378 e. The number of methoxy groups -OCH3 is 1. The number of pyridine rings is 2. The normalized spacial score (nSPS) is 17.0. The standard InChI is InChI=1S/C23H25N7O/c1-31-13-15-10-17-16(4-5-26-21(17)27-15)22-28-19-12-25-11-18(14-2-3-14)20(19)23(29-22)30-8-6-24-7-9-30/h4-5,10-12,14,24H,2-3,6-9,13H2,1H3,(H,26,27). The highest BCUT2D eigenvalue weighted by molar-refractivity contribution is 5.97. The highest BCUT2D eigenvalue weighted by Crippen LogP contribution is 2.45. The van der Waals surface area contributed by atoms with Gasteiger partial charge in [-0.1, -0.05) is 0 Å². The molecule has 6 rings (SSSR count). The summed E-state index contributed by atoms with van der Waals surface area (Å²) >= 11 is 0. The number of nitrogens with one attached hydrogen (secondary N) is 2. The van der Waals surface area contributed by atoms with Crippen molar-refractivity contribution in [3.8, 4) is 11.4 Å². The van der Waals surface area contributed by atoms with Gasteiger partial charge in [0.25, 0.3) is 0 Å². The van der Waals surface area contributed by atoms with Crippen LogP contribution >= 0.6 is 0 Å². The fourth-order valence-electron chi connectivity index (χ4n) is 4.53. The summed E-state index contributed by atoms with van der Waals surface area (Å²) < 4.78 is 5.29. The van der Waals surface area contributed by atoms with Gasteiger partial charge in [0.05, 0.1) is 18.3 Å². The Hall–Kier alpha value is -3.10. The van der Waals surface area contributed by atoms with Gasteiger partial charge in [0.1, 0.15) is 11.5 Å². The predicted octanol–water partition coefficient (Wildman–Crippen LogP) is 3.00. The van der Waals surface area contributed by atoms with E-state index in [0.29, 0.717) is 18.3 Å². The summed E-state index contributed by atoms with van der Waals surface area (Å²) in [5, 5.41) is 5.62. The van der Waals surface area contributed by atoms with Crippen molar-refractivity contribution in [2.75, 3.05) is 38.2 Å². The number of fused-ring (bicyclic) bond motifs is 2. The molecule has 8 nitrogen and oxygen atoms in total. The summed E-state index contributed by atoms with van der Waals surface area (Å²) in [6.45, 7) is 4.30. The zero-order valence-corrected chi connectivity index (χ0v) is 17.6. The van der Waals surface area contributed by atoms with Gasteiger partial charge in [-0.05, 0) is 36.5 Å². The fourth-order valence-corrected chi connectivity index (χ4v) is 4.53. The highest BCUT2D eigenvalue weighted by atomic mass is 16.5. The molecule has 2 N–H and O–H groups in total. The minimum atomic E-state index is 0.509. The molecule has 158 valence electrons. The molecule has 4 aromatic heterocycles. The maximum atomic E-state index is 5.29. The number of H-pyrrole nitrogens is 1. The van der Waals surface area contributed by atoms with Crippen LogP contribution < -0.4 is 10.2 Å². The molecule has 5 heterocycles. The van der Waals surface area contributed by atoms with E-state index in [1.807, 2.05) is 24.7 Å². The van der Waals surface area contributed by atoms with E-state index in [9.17, 15) is 0 Å². The largest absolute Gasteiger partial charge is 0.378 e. The fraction of sp³-hybridized carbons (Fsp3) is 0.391. The molecule has 1 saturated carbocycles. The smallest absolute Gasteiger partial charge is 0.163 e. The first kappa shape index (κ1) is 18.7. The lowest BCUT2D eigenvalue weighted by atomic mass is 10.1. The quantitative estimate of drug-likeness (QED) is 0.518. The first-order chi connectivity index (χ1) is 15.3. The molecule has 0 radical (unpaired) electrons. The molecule has 0 unspecified atom stereocenters. The summed E-state index contributed by atoms with van der Waals surface area (Å²) in [6, 6.07) is 4.08. The lowest BCUT2D eigenvalue weighted by molar-refractivity contribution is 0.182. The second-order valence-corrected chi connectivity index (χ2v) is 8.35. The number of hydrogen-bond acceptors (Lipinski definition) is 7. The molecule has 0 spiro atoms. The van der Waals surface area contributed by atoms with E-state index in [-0.39, 0.29) is 0 Å². The Bertz CT molecular complexity index is 1260. The maximum Gasteiger partial charge on any atom is 0.163 e. The van der Waals surface area contributed by atoms with Gasteiger partial charge in [-0.15, -0.1) is 0 Å². The molecule has 1 aliphatic heterocycles. The Balaban J connectivity index is 1.57. The third kappa shape index (κ3) is 3.32. The van der Waals surface area contributed by atoms with E-state index < -0.39 is 0 Å². The third-order valence-electron chi connectivity index (χ3n) is 6.18. The summed E-state index contributed by atoms with van der Waals surface area (Å²) in [4.78, 5) is 24.9. The van der Waals surface area contributed by atoms with Crippen molar-refractivity contribution in [2.24, 2.45) is 0 Å². The predicted molar refractivity (Wildman–Crippen MR) is 120 cm³/mol. The summed E-state index contributed by atoms with van der Waals surface area (Å²) in [5.41, 5.74) is 4.99. The zero-order valence-electron chi connectivity index (χ0n) is 17.6. The number of piperazine rings is 1. The topological polar surface area (TPSA) is 91.8 Å². The number of aromatic amines is 1. The Morgan fingerprint density at radius 1 is 1.16 bits per heavy atom. The Kier molecular flexibility index (Phi) is 4.54. The van der Waals surface area contributed by atoms with Crippen LogP contribution in [0.4, 0.5) is 5.82 Å². The maximum absolute atomic E-state index is 5.29. The molecule has 1 saturated heterocycles. The summed E-state index contributed by atoms with van der Waals surface area (Å²) in [6.07, 6.45) is 8.15. The van der Waals surface area contributed by atoms with E-state index in [4.69, 9.17) is 14.7 Å². The molecule has 2 fully saturated rings. The van der Waals surface area contributed by atoms with Crippen LogP contribution in [-0.4, -0.2) is 58.2 Å². The second-order valence-electron chi connectivity index (χ2n) is 8.35. The number of anilines is 1. The van der Waals surface area contributed by atoms with E-state index >= 15 is 0 Å². The van der Waals surface area contributed by atoms with Gasteiger partial charge in [0.15, 0.2) is 5.82 Å². The number of rotatable bonds is 5. The van der Waals surface area contributed by atoms with E-state index in [2.05, 4.69) is 31.2 Å². The molecule has 8 heteroatoms. The van der Waals surface area contributed by atoms with Crippen LogP contribution in [0, 0.1) is 0 Å². The molecule has 0 atom stereocenters. The van der Waals surface area contributed by atoms with Gasteiger partial charge in [0.2, 0.25) is 0 Å². The molecule has 0 bridgehead atoms. The van der Waals surface area contributed by atoms with Crippen LogP contribution in [0.3, 0.4) is 0 Å². The number of hydrogen-bond donors (Lipinski definition) is 2. The molecule has 4 aromatic rings. The van der Waals surface area contributed by atoms with Gasteiger partial charge in [-0.25, -0.2) is 15.0 Å². The van der Waals surface area contributed by atoms with Gasteiger partial charge in [-0.2, -0.15) is 0 Å². The average Bonchev–Trinajstić information content (AvgIpc) is 3.57. The zero-order chi connectivity index (χ0) is 20.8. The van der Waals surface area contributed by atoms with E-state index in [0.717, 1.165) is 59.8 Å². The lowest BCUT2D eigenvalue weighted by Gasteiger charge is -2.30. The number of nitrogens with zero attached hydrogens (tertiary/aromatic N) is 5. The van der Waals surface area contributed by atoms with Crippen LogP contribution in [-0.2, 0) is 11.3 Å². The highest BCUT2D eigenvalue weighted by Gasteiger charge is 2.29. The van der Waals surface area contributed by atoms with Crippen molar-refractivity contribution >= 4 is 27.8 Å². The monoisotopic (exact) mass is 415 g/mol. The molecule has 2 aliphatic rings. The van der Waals surface area contributed by atoms with E-state index in [1.54, 1.807) is 7.11 Å². The molecule has 1 aliphatic carbocycles. The van der Waals surface area contributed by atoms with Crippen molar-refractivity contribution < 1.29 is 4.74 Å². The number of aromatic nitrogens is 5. The molecule has 31 heavy (non-hydrogen) atoms. The Morgan fingerprint density at radius 2 is 2.03 bits per heavy atom. The lowest BCUT2D eigenvalue weighted by Crippen LogP contribution is -2.44. The molecule has 0 aromatic carbocycles. The van der Waals surface area contributed by atoms with Crippen LogP contribution in [0.25, 0.3) is 33.3 Å². The third-order valence-corrected chi connectivity index (χ3v) is 6.18. The van der Waals surface area contributed by atoms with Crippen LogP contribution in [0.5, 0.6) is 0 Å². The van der Waals surface area contributed by atoms with Crippen molar-refractivity contribution in [1.29, 1.82) is 0 Å². The van der Waals surface area contributed by atoms with Crippen LogP contribution in [0.2, 0.25) is 0 Å². The first-order valence-corrected chi connectivity index (χ1v) is 10.9. The molecular formula is C23H25N7O. The van der Waals surface area contributed by atoms with Gasteiger partial charge in [0, 0.05) is 67.7 Å². The van der Waals surface area contributed by atoms with Crippen molar-refractivity contribution in [3.63, 3.8) is 0 Å². The van der Waals surface area contributed by atoms with Crippen LogP contribution in [0.1, 0.15) is 30.0 Å².